The molecule has 0 radical (unpaired) electrons. The van der Waals surface area contributed by atoms with Gasteiger partial charge < -0.3 is 14.8 Å². The summed E-state index contributed by atoms with van der Waals surface area (Å²) in [7, 11) is 0. The third kappa shape index (κ3) is 3.69. The zero-order valence-corrected chi connectivity index (χ0v) is 16.6. The Kier molecular flexibility index (Phi) is 4.76. The Hall–Kier alpha value is -3.32. The van der Waals surface area contributed by atoms with Crippen LogP contribution >= 0.6 is 11.6 Å². The molecule has 1 aliphatic heterocycles. The number of hydrogen-bond acceptors (Lipinski definition) is 5. The number of fused-ring (bicyclic) bond motifs is 1. The van der Waals surface area contributed by atoms with Crippen LogP contribution in [0.1, 0.15) is 13.8 Å². The van der Waals surface area contributed by atoms with Crippen LogP contribution in [0.3, 0.4) is 0 Å². The van der Waals surface area contributed by atoms with Gasteiger partial charge in [0.1, 0.15) is 5.54 Å². The summed E-state index contributed by atoms with van der Waals surface area (Å²) in [6.07, 6.45) is 0. The van der Waals surface area contributed by atoms with Crippen molar-refractivity contribution in [2.24, 2.45) is 0 Å². The number of nitrogens with one attached hydrogen (secondary N) is 1. The van der Waals surface area contributed by atoms with E-state index in [0.29, 0.717) is 27.9 Å². The monoisotopic (exact) mass is 411 g/mol. The summed E-state index contributed by atoms with van der Waals surface area (Å²) >= 11 is 5.88. The van der Waals surface area contributed by atoms with Crippen molar-refractivity contribution in [1.82, 2.24) is 9.78 Å². The molecule has 0 spiro atoms. The van der Waals surface area contributed by atoms with Gasteiger partial charge in [-0.25, -0.2) is 4.68 Å². The summed E-state index contributed by atoms with van der Waals surface area (Å²) in [4.78, 5) is 25.4. The number of amides is 1. The number of nitrogens with zero attached hydrogens (tertiary/aromatic N) is 2. The van der Waals surface area contributed by atoms with Gasteiger partial charge in [-0.1, -0.05) is 11.6 Å². The number of anilines is 1. The number of aromatic nitrogens is 2. The summed E-state index contributed by atoms with van der Waals surface area (Å²) in [5.41, 5.74) is 0.244. The minimum absolute atomic E-state index is 0.170. The summed E-state index contributed by atoms with van der Waals surface area (Å²) in [6.45, 7) is 3.44. The lowest BCUT2D eigenvalue weighted by Crippen LogP contribution is -2.47. The van der Waals surface area contributed by atoms with E-state index in [4.69, 9.17) is 21.1 Å². The van der Waals surface area contributed by atoms with E-state index in [9.17, 15) is 9.59 Å². The highest BCUT2D eigenvalue weighted by Gasteiger charge is 2.32. The van der Waals surface area contributed by atoms with E-state index < -0.39 is 5.54 Å². The predicted octanol–water partition coefficient (Wildman–Crippen LogP) is 3.67. The average molecular weight is 412 g/mol. The fourth-order valence-corrected chi connectivity index (χ4v) is 3.06. The zero-order chi connectivity index (χ0) is 20.6. The molecule has 0 saturated carbocycles. The molecule has 8 heteroatoms. The molecule has 2 aromatic carbocycles. The second-order valence-electron chi connectivity index (χ2n) is 7.06. The molecule has 0 saturated heterocycles. The summed E-state index contributed by atoms with van der Waals surface area (Å²) in [6, 6.07) is 15.1. The fraction of sp³-hybridized carbons (Fsp3) is 0.190. The minimum Gasteiger partial charge on any atom is -0.454 e. The largest absolute Gasteiger partial charge is 0.454 e. The maximum absolute atomic E-state index is 12.9. The Labute approximate surface area is 171 Å². The van der Waals surface area contributed by atoms with Crippen molar-refractivity contribution >= 4 is 23.2 Å². The molecule has 1 aromatic heterocycles. The van der Waals surface area contributed by atoms with Crippen molar-refractivity contribution in [2.45, 2.75) is 19.4 Å². The quantitative estimate of drug-likeness (QED) is 0.708. The predicted molar refractivity (Wildman–Crippen MR) is 109 cm³/mol. The molecule has 1 amide bonds. The van der Waals surface area contributed by atoms with Gasteiger partial charge in [-0.2, -0.15) is 5.10 Å². The van der Waals surface area contributed by atoms with Crippen molar-refractivity contribution in [1.29, 1.82) is 0 Å². The van der Waals surface area contributed by atoms with E-state index in [1.54, 1.807) is 56.3 Å². The van der Waals surface area contributed by atoms with Crippen LogP contribution < -0.4 is 20.3 Å². The van der Waals surface area contributed by atoms with E-state index in [-0.39, 0.29) is 18.3 Å². The number of rotatable bonds is 4. The average Bonchev–Trinajstić information content (AvgIpc) is 3.17. The van der Waals surface area contributed by atoms with E-state index >= 15 is 0 Å². The standard InChI is InChI=1S/C21H18ClN3O4/c1-21(2,20(27)23-15-6-4-14(22)5-7-15)25-19(26)10-8-16(24-25)13-3-9-17-18(11-13)29-12-28-17/h3-11H,12H2,1-2H3,(H,23,27). The third-order valence-corrected chi connectivity index (χ3v) is 4.91. The van der Waals surface area contributed by atoms with E-state index in [1.807, 2.05) is 6.07 Å². The maximum atomic E-state index is 12.9. The molecule has 3 aromatic rings. The van der Waals surface area contributed by atoms with Crippen molar-refractivity contribution in [2.75, 3.05) is 12.1 Å². The van der Waals surface area contributed by atoms with Crippen LogP contribution in [0.2, 0.25) is 5.02 Å². The lowest BCUT2D eigenvalue weighted by Gasteiger charge is -2.25. The van der Waals surface area contributed by atoms with Gasteiger partial charge in [-0.3, -0.25) is 9.59 Å². The van der Waals surface area contributed by atoms with Gasteiger partial charge in [0.2, 0.25) is 6.79 Å². The summed E-state index contributed by atoms with van der Waals surface area (Å²) < 4.78 is 11.9. The first-order chi connectivity index (χ1) is 13.8. The molecule has 0 fully saturated rings. The van der Waals surface area contributed by atoms with Crippen LogP contribution in [-0.4, -0.2) is 22.5 Å². The fourth-order valence-electron chi connectivity index (χ4n) is 2.93. The lowest BCUT2D eigenvalue weighted by atomic mass is 10.0. The minimum atomic E-state index is -1.23. The van der Waals surface area contributed by atoms with Crippen molar-refractivity contribution in [3.05, 3.63) is 70.0 Å². The van der Waals surface area contributed by atoms with Crippen LogP contribution in [0.4, 0.5) is 5.69 Å². The van der Waals surface area contributed by atoms with Gasteiger partial charge in [0.25, 0.3) is 11.5 Å². The summed E-state index contributed by atoms with van der Waals surface area (Å²) in [5.74, 6) is 0.892. The molecule has 4 rings (SSSR count). The van der Waals surface area contributed by atoms with E-state index in [1.165, 1.54) is 10.7 Å². The Balaban J connectivity index is 1.66. The maximum Gasteiger partial charge on any atom is 0.267 e. The van der Waals surface area contributed by atoms with E-state index in [2.05, 4.69) is 10.4 Å². The molecule has 7 nitrogen and oxygen atoms in total. The third-order valence-electron chi connectivity index (χ3n) is 4.66. The van der Waals surface area contributed by atoms with Gasteiger partial charge in [0, 0.05) is 22.3 Å². The van der Waals surface area contributed by atoms with Crippen LogP contribution in [0.25, 0.3) is 11.3 Å². The molecule has 0 aliphatic carbocycles. The normalized spacial score (nSPS) is 12.7. The molecule has 0 atom stereocenters. The molecule has 0 bridgehead atoms. The topological polar surface area (TPSA) is 82.5 Å². The second-order valence-corrected chi connectivity index (χ2v) is 7.49. The first-order valence-electron chi connectivity index (χ1n) is 8.92. The number of benzene rings is 2. The number of carbonyl (C=O) groups excluding carboxylic acids is 1. The molecule has 1 aliphatic rings. The van der Waals surface area contributed by atoms with Gasteiger partial charge in [0.05, 0.1) is 5.69 Å². The zero-order valence-electron chi connectivity index (χ0n) is 15.8. The lowest BCUT2D eigenvalue weighted by molar-refractivity contribution is -0.123. The Bertz CT molecular complexity index is 1140. The van der Waals surface area contributed by atoms with Crippen LogP contribution in [0, 0.1) is 0 Å². The van der Waals surface area contributed by atoms with Crippen molar-refractivity contribution in [3.8, 4) is 22.8 Å². The molecular weight excluding hydrogens is 394 g/mol. The van der Waals surface area contributed by atoms with Gasteiger partial charge in [-0.05, 0) is 62.4 Å². The van der Waals surface area contributed by atoms with Gasteiger partial charge in [0.15, 0.2) is 11.5 Å². The molecule has 148 valence electrons. The second kappa shape index (κ2) is 7.25. The van der Waals surface area contributed by atoms with Gasteiger partial charge in [-0.15, -0.1) is 0 Å². The highest BCUT2D eigenvalue weighted by molar-refractivity contribution is 6.30. The molecule has 2 heterocycles. The van der Waals surface area contributed by atoms with Gasteiger partial charge >= 0.3 is 0 Å². The SMILES string of the molecule is CC(C)(C(=O)Nc1ccc(Cl)cc1)n1nc(-c2ccc3c(c2)OCO3)ccc1=O. The van der Waals surface area contributed by atoms with Crippen LogP contribution in [0.5, 0.6) is 11.5 Å². The molecule has 1 N–H and O–H groups in total. The number of ether oxygens (including phenoxy) is 2. The first-order valence-corrected chi connectivity index (χ1v) is 9.30. The summed E-state index contributed by atoms with van der Waals surface area (Å²) in [5, 5.41) is 7.80. The molecule has 0 unspecified atom stereocenters. The van der Waals surface area contributed by atoms with Crippen LogP contribution in [0.15, 0.2) is 59.4 Å². The van der Waals surface area contributed by atoms with Crippen LogP contribution in [-0.2, 0) is 10.3 Å². The Morgan fingerprint density at radius 3 is 2.55 bits per heavy atom. The highest BCUT2D eigenvalue weighted by atomic mass is 35.5. The smallest absolute Gasteiger partial charge is 0.267 e. The number of carbonyl (C=O) groups is 1. The highest BCUT2D eigenvalue weighted by Crippen LogP contribution is 2.35. The molecule has 29 heavy (non-hydrogen) atoms. The Morgan fingerprint density at radius 2 is 1.79 bits per heavy atom. The Morgan fingerprint density at radius 1 is 1.07 bits per heavy atom. The number of halogens is 1. The number of hydrogen-bond donors (Lipinski definition) is 1. The first kappa shape index (κ1) is 19.0. The van der Waals surface area contributed by atoms with Crippen molar-refractivity contribution in [3.63, 3.8) is 0 Å². The van der Waals surface area contributed by atoms with E-state index in [0.717, 1.165) is 5.56 Å². The van der Waals surface area contributed by atoms with Crippen molar-refractivity contribution < 1.29 is 14.3 Å². The molecular formula is C21H18ClN3O4.